The van der Waals surface area contributed by atoms with Crippen LogP contribution in [0, 0.1) is 5.92 Å². The molecule has 0 aliphatic rings. The highest BCUT2D eigenvalue weighted by atomic mass is 35.5. The molecule has 2 N–H and O–H groups in total. The van der Waals surface area contributed by atoms with Gasteiger partial charge in [0, 0.05) is 11.6 Å². The number of carbonyl (C=O) groups excluding carboxylic acids is 1. The van der Waals surface area contributed by atoms with E-state index in [9.17, 15) is 9.59 Å². The summed E-state index contributed by atoms with van der Waals surface area (Å²) >= 11 is 5.85. The molecule has 21 heavy (non-hydrogen) atoms. The summed E-state index contributed by atoms with van der Waals surface area (Å²) in [5.74, 6) is -1.60. The van der Waals surface area contributed by atoms with Crippen LogP contribution in [0.25, 0.3) is 0 Å². The fourth-order valence-corrected chi connectivity index (χ4v) is 2.22. The molecule has 1 atom stereocenters. The Morgan fingerprint density at radius 3 is 2.33 bits per heavy atom. The number of aliphatic carboxylic acids is 1. The van der Waals surface area contributed by atoms with E-state index in [1.165, 1.54) is 0 Å². The molecule has 0 aromatic heterocycles. The first-order valence-corrected chi connectivity index (χ1v) is 7.44. The zero-order valence-corrected chi connectivity index (χ0v) is 13.4. The maximum absolute atomic E-state index is 12.3. The molecule has 0 spiro atoms. The fourth-order valence-electron chi connectivity index (χ4n) is 2.10. The zero-order chi connectivity index (χ0) is 16.0. The Bertz CT molecular complexity index is 497. The summed E-state index contributed by atoms with van der Waals surface area (Å²) < 4.78 is 0. The number of carbonyl (C=O) groups is 2. The Balaban J connectivity index is 2.73. The van der Waals surface area contributed by atoms with Crippen molar-refractivity contribution in [3.63, 3.8) is 0 Å². The average Bonchev–Trinajstić information content (AvgIpc) is 2.43. The smallest absolute Gasteiger partial charge is 0.308 e. The predicted octanol–water partition coefficient (Wildman–Crippen LogP) is 3.23. The van der Waals surface area contributed by atoms with Crippen LogP contribution in [0.1, 0.15) is 39.2 Å². The van der Waals surface area contributed by atoms with Crippen molar-refractivity contribution in [3.8, 4) is 0 Å². The first-order valence-electron chi connectivity index (χ1n) is 7.06. The van der Waals surface area contributed by atoms with Gasteiger partial charge in [-0.15, -0.1) is 0 Å². The van der Waals surface area contributed by atoms with Gasteiger partial charge in [0.15, 0.2) is 0 Å². The summed E-state index contributed by atoms with van der Waals surface area (Å²) in [4.78, 5) is 23.4. The van der Waals surface area contributed by atoms with Crippen molar-refractivity contribution in [2.45, 2.75) is 39.0 Å². The molecule has 0 fully saturated rings. The topological polar surface area (TPSA) is 66.4 Å². The van der Waals surface area contributed by atoms with Crippen LogP contribution in [-0.2, 0) is 15.0 Å². The number of halogens is 1. The van der Waals surface area contributed by atoms with E-state index >= 15 is 0 Å². The van der Waals surface area contributed by atoms with Crippen LogP contribution in [0.15, 0.2) is 24.3 Å². The Kier molecular flexibility index (Phi) is 6.21. The Morgan fingerprint density at radius 1 is 1.29 bits per heavy atom. The quantitative estimate of drug-likeness (QED) is 0.812. The molecular weight excluding hydrogens is 290 g/mol. The highest BCUT2D eigenvalue weighted by Crippen LogP contribution is 2.25. The monoisotopic (exact) mass is 311 g/mol. The molecular formula is C16H22ClNO3. The largest absolute Gasteiger partial charge is 0.481 e. The predicted molar refractivity (Wildman–Crippen MR) is 83.5 cm³/mol. The number of hydrogen-bond donors (Lipinski definition) is 2. The molecule has 0 aliphatic carbocycles. The van der Waals surface area contributed by atoms with Crippen LogP contribution >= 0.6 is 11.6 Å². The van der Waals surface area contributed by atoms with Gasteiger partial charge in [-0.05, 0) is 38.0 Å². The van der Waals surface area contributed by atoms with E-state index in [4.69, 9.17) is 16.7 Å². The maximum atomic E-state index is 12.3. The molecule has 1 rings (SSSR count). The number of nitrogens with one attached hydrogen (secondary N) is 1. The van der Waals surface area contributed by atoms with Crippen LogP contribution in [0.4, 0.5) is 0 Å². The molecule has 0 saturated carbocycles. The van der Waals surface area contributed by atoms with E-state index in [0.29, 0.717) is 11.4 Å². The second kappa shape index (κ2) is 7.46. The van der Waals surface area contributed by atoms with E-state index < -0.39 is 17.3 Å². The molecule has 0 heterocycles. The van der Waals surface area contributed by atoms with Gasteiger partial charge in [-0.1, -0.05) is 37.1 Å². The third kappa shape index (κ3) is 4.74. The Hall–Kier alpha value is -1.55. The summed E-state index contributed by atoms with van der Waals surface area (Å²) in [6, 6.07) is 7.09. The van der Waals surface area contributed by atoms with Crippen molar-refractivity contribution >= 4 is 23.5 Å². The average molecular weight is 312 g/mol. The molecule has 1 unspecified atom stereocenters. The lowest BCUT2D eigenvalue weighted by Crippen LogP contribution is -2.43. The van der Waals surface area contributed by atoms with Crippen molar-refractivity contribution in [2.24, 2.45) is 5.92 Å². The van der Waals surface area contributed by atoms with Crippen molar-refractivity contribution < 1.29 is 14.7 Å². The lowest BCUT2D eigenvalue weighted by molar-refractivity contribution is -0.142. The number of carboxylic acid groups (broad SMARTS) is 1. The highest BCUT2D eigenvalue weighted by molar-refractivity contribution is 6.30. The van der Waals surface area contributed by atoms with Gasteiger partial charge in [0.1, 0.15) is 0 Å². The zero-order valence-electron chi connectivity index (χ0n) is 12.6. The van der Waals surface area contributed by atoms with Gasteiger partial charge >= 0.3 is 5.97 Å². The minimum Gasteiger partial charge on any atom is -0.481 e. The molecule has 0 radical (unpaired) electrons. The molecule has 1 aromatic rings. The van der Waals surface area contributed by atoms with E-state index in [1.54, 1.807) is 26.0 Å². The van der Waals surface area contributed by atoms with Gasteiger partial charge in [0.2, 0.25) is 5.91 Å². The second-order valence-corrected chi connectivity index (χ2v) is 6.10. The van der Waals surface area contributed by atoms with Crippen LogP contribution in [0.2, 0.25) is 5.02 Å². The van der Waals surface area contributed by atoms with Gasteiger partial charge < -0.3 is 10.4 Å². The summed E-state index contributed by atoms with van der Waals surface area (Å²) in [6.45, 7) is 5.69. The third-order valence-corrected chi connectivity index (χ3v) is 3.88. The van der Waals surface area contributed by atoms with E-state index in [0.717, 1.165) is 12.0 Å². The van der Waals surface area contributed by atoms with Crippen molar-refractivity contribution in [2.75, 3.05) is 6.54 Å². The number of hydrogen-bond acceptors (Lipinski definition) is 2. The number of benzene rings is 1. The van der Waals surface area contributed by atoms with Crippen LogP contribution in [-0.4, -0.2) is 23.5 Å². The SMILES string of the molecule is CCCC(CNC(=O)C(C)(C)c1ccc(Cl)cc1)C(=O)O. The van der Waals surface area contributed by atoms with Crippen LogP contribution in [0.3, 0.4) is 0 Å². The number of rotatable bonds is 7. The van der Waals surface area contributed by atoms with Crippen LogP contribution < -0.4 is 5.32 Å². The standard InChI is InChI=1S/C16H22ClNO3/c1-4-5-11(14(19)20)10-18-15(21)16(2,3)12-6-8-13(17)9-7-12/h6-9,11H,4-5,10H2,1-3H3,(H,18,21)(H,19,20). The summed E-state index contributed by atoms with van der Waals surface area (Å²) in [5.41, 5.74) is 0.103. The molecule has 1 aromatic carbocycles. The van der Waals surface area contributed by atoms with E-state index in [-0.39, 0.29) is 12.5 Å². The van der Waals surface area contributed by atoms with Crippen molar-refractivity contribution in [1.82, 2.24) is 5.32 Å². The lowest BCUT2D eigenvalue weighted by Gasteiger charge is -2.25. The summed E-state index contributed by atoms with van der Waals surface area (Å²) in [7, 11) is 0. The molecule has 0 saturated heterocycles. The van der Waals surface area contributed by atoms with E-state index in [1.807, 2.05) is 19.1 Å². The summed E-state index contributed by atoms with van der Waals surface area (Å²) in [6.07, 6.45) is 1.32. The van der Waals surface area contributed by atoms with Crippen molar-refractivity contribution in [1.29, 1.82) is 0 Å². The molecule has 0 aliphatic heterocycles. The van der Waals surface area contributed by atoms with Gasteiger partial charge in [-0.3, -0.25) is 9.59 Å². The second-order valence-electron chi connectivity index (χ2n) is 5.67. The molecule has 4 nitrogen and oxygen atoms in total. The van der Waals surface area contributed by atoms with Gasteiger partial charge in [0.25, 0.3) is 0 Å². The van der Waals surface area contributed by atoms with Gasteiger partial charge in [-0.25, -0.2) is 0 Å². The number of amides is 1. The summed E-state index contributed by atoms with van der Waals surface area (Å²) in [5, 5.41) is 12.5. The third-order valence-electron chi connectivity index (χ3n) is 3.63. The first-order chi connectivity index (χ1) is 9.78. The highest BCUT2D eigenvalue weighted by Gasteiger charge is 2.30. The molecule has 0 bridgehead atoms. The van der Waals surface area contributed by atoms with Gasteiger partial charge in [-0.2, -0.15) is 0 Å². The molecule has 5 heteroatoms. The minimum absolute atomic E-state index is 0.152. The number of carboxylic acids is 1. The fraction of sp³-hybridized carbons (Fsp3) is 0.500. The Labute approximate surface area is 130 Å². The molecule has 1 amide bonds. The van der Waals surface area contributed by atoms with Gasteiger partial charge in [0.05, 0.1) is 11.3 Å². The Morgan fingerprint density at radius 2 is 1.86 bits per heavy atom. The minimum atomic E-state index is -0.874. The normalized spacial score (nSPS) is 12.8. The van der Waals surface area contributed by atoms with Crippen LogP contribution in [0.5, 0.6) is 0 Å². The maximum Gasteiger partial charge on any atom is 0.308 e. The first kappa shape index (κ1) is 17.5. The molecule has 116 valence electrons. The lowest BCUT2D eigenvalue weighted by atomic mass is 9.83. The van der Waals surface area contributed by atoms with Crippen molar-refractivity contribution in [3.05, 3.63) is 34.9 Å². The van der Waals surface area contributed by atoms with E-state index in [2.05, 4.69) is 5.32 Å².